The van der Waals surface area contributed by atoms with Crippen molar-refractivity contribution in [1.82, 2.24) is 4.98 Å². The van der Waals surface area contributed by atoms with Crippen LogP contribution in [0.4, 0.5) is 5.69 Å². The second-order valence-electron chi connectivity index (χ2n) is 6.17. The number of ether oxygens (including phenoxy) is 2. The number of nitro groups is 1. The summed E-state index contributed by atoms with van der Waals surface area (Å²) in [6, 6.07) is 15.5. The fraction of sp³-hybridized carbons (Fsp3) is 0.0952. The Labute approximate surface area is 186 Å². The molecule has 0 amide bonds. The Hall–Kier alpha value is -3.67. The highest BCUT2D eigenvalue weighted by molar-refractivity contribution is 6.35. The number of pyridine rings is 1. The molecular formula is C21H13Cl2N3O5. The third kappa shape index (κ3) is 5.69. The number of carbonyl (C=O) groups is 1. The lowest BCUT2D eigenvalue weighted by Gasteiger charge is -2.12. The summed E-state index contributed by atoms with van der Waals surface area (Å²) < 4.78 is 11.0. The summed E-state index contributed by atoms with van der Waals surface area (Å²) in [4.78, 5) is 26.4. The Bertz CT molecular complexity index is 1150. The molecule has 8 nitrogen and oxygen atoms in total. The zero-order valence-corrected chi connectivity index (χ0v) is 17.2. The summed E-state index contributed by atoms with van der Waals surface area (Å²) in [5.74, 6) is -0.548. The molecule has 1 heterocycles. The predicted octanol–water partition coefficient (Wildman–Crippen LogP) is 5.34. The summed E-state index contributed by atoms with van der Waals surface area (Å²) in [7, 11) is 0. The smallest absolute Gasteiger partial charge is 0.287 e. The van der Waals surface area contributed by atoms with Crippen LogP contribution in [0.5, 0.6) is 17.4 Å². The van der Waals surface area contributed by atoms with Crippen LogP contribution in [0.1, 0.15) is 11.5 Å². The van der Waals surface area contributed by atoms with Gasteiger partial charge in [-0.05, 0) is 42.0 Å². The first kappa shape index (κ1) is 22.0. The number of benzene rings is 2. The molecule has 0 saturated carbocycles. The van der Waals surface area contributed by atoms with E-state index in [4.69, 9.17) is 32.7 Å². The second kappa shape index (κ2) is 9.89. The third-order valence-electron chi connectivity index (χ3n) is 4.08. The molecule has 10 heteroatoms. The number of rotatable bonds is 8. The van der Waals surface area contributed by atoms with Crippen molar-refractivity contribution in [3.05, 3.63) is 86.5 Å². The largest absolute Gasteiger partial charge is 0.486 e. The number of aromatic nitrogens is 1. The molecule has 3 aromatic rings. The maximum absolute atomic E-state index is 12.4. The topological polar surface area (TPSA) is 115 Å². The number of nitrogens with zero attached hydrogens (tertiary/aromatic N) is 3. The van der Waals surface area contributed by atoms with Gasteiger partial charge in [0.2, 0.25) is 5.88 Å². The van der Waals surface area contributed by atoms with Crippen molar-refractivity contribution in [1.29, 1.82) is 5.26 Å². The van der Waals surface area contributed by atoms with Gasteiger partial charge in [0, 0.05) is 22.2 Å². The first-order chi connectivity index (χ1) is 14.9. The van der Waals surface area contributed by atoms with E-state index in [1.807, 2.05) is 6.07 Å². The SMILES string of the molecule is N#CC(C(=O)COc1ccc(Oc2ccc([N+](=O)[O-])cn2)cc1)c1ccc(Cl)cc1Cl. The zero-order valence-electron chi connectivity index (χ0n) is 15.7. The summed E-state index contributed by atoms with van der Waals surface area (Å²) in [5.41, 5.74) is 0.220. The average molecular weight is 458 g/mol. The maximum Gasteiger partial charge on any atom is 0.287 e. The number of Topliss-reactive ketones (excluding diaryl/α,β-unsaturated/α-hetero) is 1. The van der Waals surface area contributed by atoms with Crippen molar-refractivity contribution in [3.63, 3.8) is 0 Å². The van der Waals surface area contributed by atoms with E-state index in [1.165, 1.54) is 24.3 Å². The number of halogens is 2. The van der Waals surface area contributed by atoms with Gasteiger partial charge in [0.1, 0.15) is 30.2 Å². The van der Waals surface area contributed by atoms with Crippen LogP contribution in [0.15, 0.2) is 60.8 Å². The van der Waals surface area contributed by atoms with Crippen molar-refractivity contribution < 1.29 is 19.2 Å². The van der Waals surface area contributed by atoms with Crippen molar-refractivity contribution in [2.45, 2.75) is 5.92 Å². The van der Waals surface area contributed by atoms with Crippen LogP contribution < -0.4 is 9.47 Å². The lowest BCUT2D eigenvalue weighted by atomic mass is 9.96. The van der Waals surface area contributed by atoms with Crippen molar-refractivity contribution >= 4 is 34.7 Å². The molecule has 0 spiro atoms. The third-order valence-corrected chi connectivity index (χ3v) is 4.65. The number of hydrogen-bond acceptors (Lipinski definition) is 7. The first-order valence-electron chi connectivity index (χ1n) is 8.76. The maximum atomic E-state index is 12.4. The minimum Gasteiger partial charge on any atom is -0.486 e. The molecule has 1 aromatic heterocycles. The summed E-state index contributed by atoms with van der Waals surface area (Å²) >= 11 is 11.9. The summed E-state index contributed by atoms with van der Waals surface area (Å²) in [5, 5.41) is 20.7. The van der Waals surface area contributed by atoms with Crippen LogP contribution in [-0.4, -0.2) is 22.3 Å². The van der Waals surface area contributed by atoms with Crippen LogP contribution in [0.3, 0.4) is 0 Å². The van der Waals surface area contributed by atoms with Crippen LogP contribution in [0.2, 0.25) is 10.0 Å². The van der Waals surface area contributed by atoms with Gasteiger partial charge >= 0.3 is 0 Å². The highest BCUT2D eigenvalue weighted by Crippen LogP contribution is 2.28. The second-order valence-corrected chi connectivity index (χ2v) is 7.01. The minimum absolute atomic E-state index is 0.142. The van der Waals surface area contributed by atoms with Crippen molar-refractivity contribution in [2.24, 2.45) is 0 Å². The van der Waals surface area contributed by atoms with Gasteiger partial charge < -0.3 is 9.47 Å². The van der Waals surface area contributed by atoms with Crippen LogP contribution >= 0.6 is 23.2 Å². The molecule has 0 aliphatic heterocycles. The zero-order chi connectivity index (χ0) is 22.4. The van der Waals surface area contributed by atoms with Gasteiger partial charge in [-0.25, -0.2) is 4.98 Å². The number of nitriles is 1. The van der Waals surface area contributed by atoms with E-state index in [0.29, 0.717) is 22.1 Å². The van der Waals surface area contributed by atoms with E-state index in [-0.39, 0.29) is 23.2 Å². The number of hydrogen-bond donors (Lipinski definition) is 0. The van der Waals surface area contributed by atoms with Gasteiger partial charge in [0.15, 0.2) is 5.78 Å². The van der Waals surface area contributed by atoms with Crippen LogP contribution in [0.25, 0.3) is 0 Å². The Balaban J connectivity index is 1.59. The average Bonchev–Trinajstić information content (AvgIpc) is 2.75. The van der Waals surface area contributed by atoms with E-state index in [2.05, 4.69) is 4.98 Å². The van der Waals surface area contributed by atoms with E-state index >= 15 is 0 Å². The lowest BCUT2D eigenvalue weighted by Crippen LogP contribution is -2.19. The Morgan fingerprint density at radius 2 is 1.84 bits per heavy atom. The monoisotopic (exact) mass is 457 g/mol. The Morgan fingerprint density at radius 1 is 1.13 bits per heavy atom. The molecule has 3 rings (SSSR count). The molecule has 0 N–H and O–H groups in total. The van der Waals surface area contributed by atoms with Gasteiger partial charge in [0.05, 0.1) is 11.0 Å². The first-order valence-corrected chi connectivity index (χ1v) is 9.51. The summed E-state index contributed by atoms with van der Waals surface area (Å²) in [6.07, 6.45) is 1.09. The molecule has 0 bridgehead atoms. The molecule has 0 radical (unpaired) electrons. The number of ketones is 1. The van der Waals surface area contributed by atoms with Gasteiger partial charge in [-0.1, -0.05) is 29.3 Å². The molecule has 0 aliphatic rings. The van der Waals surface area contributed by atoms with Crippen LogP contribution in [-0.2, 0) is 4.79 Å². The molecule has 0 saturated heterocycles. The Kier molecular flexibility index (Phi) is 7.03. The van der Waals surface area contributed by atoms with E-state index < -0.39 is 16.6 Å². The molecule has 156 valence electrons. The molecule has 1 unspecified atom stereocenters. The van der Waals surface area contributed by atoms with E-state index in [1.54, 1.807) is 30.3 Å². The molecule has 31 heavy (non-hydrogen) atoms. The van der Waals surface area contributed by atoms with Gasteiger partial charge in [0.25, 0.3) is 5.69 Å². The van der Waals surface area contributed by atoms with Crippen molar-refractivity contribution in [2.75, 3.05) is 6.61 Å². The minimum atomic E-state index is -1.08. The normalized spacial score (nSPS) is 11.3. The van der Waals surface area contributed by atoms with Gasteiger partial charge in [-0.3, -0.25) is 14.9 Å². The standard InChI is InChI=1S/C21H13Cl2N3O5/c22-13-1-7-17(19(23)9-13)18(10-24)20(27)12-30-15-3-5-16(6-4-15)31-21-8-2-14(11-25-21)26(28)29/h1-9,11,18H,12H2. The lowest BCUT2D eigenvalue weighted by molar-refractivity contribution is -0.385. The van der Waals surface area contributed by atoms with Crippen molar-refractivity contribution in [3.8, 4) is 23.4 Å². The fourth-order valence-corrected chi connectivity index (χ4v) is 3.07. The van der Waals surface area contributed by atoms with E-state index in [9.17, 15) is 20.2 Å². The van der Waals surface area contributed by atoms with Gasteiger partial charge in [-0.2, -0.15) is 5.26 Å². The quantitative estimate of drug-likeness (QED) is 0.330. The highest BCUT2D eigenvalue weighted by Gasteiger charge is 2.23. The molecular weight excluding hydrogens is 445 g/mol. The fourth-order valence-electron chi connectivity index (χ4n) is 2.55. The molecule has 2 aromatic carbocycles. The Morgan fingerprint density at radius 3 is 2.42 bits per heavy atom. The molecule has 1 atom stereocenters. The van der Waals surface area contributed by atoms with Crippen LogP contribution in [0, 0.1) is 21.4 Å². The van der Waals surface area contributed by atoms with Gasteiger partial charge in [-0.15, -0.1) is 0 Å². The predicted molar refractivity (Wildman–Crippen MR) is 113 cm³/mol. The summed E-state index contributed by atoms with van der Waals surface area (Å²) in [6.45, 7) is -0.332. The molecule has 0 fully saturated rings. The molecule has 0 aliphatic carbocycles. The highest BCUT2D eigenvalue weighted by atomic mass is 35.5. The van der Waals surface area contributed by atoms with E-state index in [0.717, 1.165) is 6.20 Å². The number of carbonyl (C=O) groups excluding carboxylic acids is 1.